The lowest BCUT2D eigenvalue weighted by Crippen LogP contribution is -2.58. The SMILES string of the molecule is CCOC(=O)C1=C(N)OC2=C(C(=O)CCC2)[C@@]12C(=O)N1c3c(cc(F)cc32)[C@@H](C)CC12CCCC2. The van der Waals surface area contributed by atoms with Gasteiger partial charge in [0.15, 0.2) is 5.78 Å². The van der Waals surface area contributed by atoms with Crippen LogP contribution in [-0.4, -0.2) is 29.8 Å². The zero-order valence-corrected chi connectivity index (χ0v) is 20.0. The summed E-state index contributed by atoms with van der Waals surface area (Å²) in [7, 11) is 0. The lowest BCUT2D eigenvalue weighted by atomic mass is 9.64. The summed E-state index contributed by atoms with van der Waals surface area (Å²) in [5.41, 5.74) is 5.60. The molecule has 1 amide bonds. The minimum Gasteiger partial charge on any atom is -0.462 e. The second-order valence-corrected chi connectivity index (χ2v) is 10.5. The first kappa shape index (κ1) is 22.3. The average molecular weight is 481 g/mol. The van der Waals surface area contributed by atoms with Gasteiger partial charge in [0.1, 0.15) is 22.6 Å². The summed E-state index contributed by atoms with van der Waals surface area (Å²) in [6.07, 6.45) is 5.48. The van der Waals surface area contributed by atoms with E-state index >= 15 is 4.39 Å². The number of hydrogen-bond donors (Lipinski definition) is 1. The number of nitrogens with two attached hydrogens (primary N) is 1. The van der Waals surface area contributed by atoms with E-state index in [0.29, 0.717) is 36.3 Å². The average Bonchev–Trinajstić information content (AvgIpc) is 3.35. The first-order valence-corrected chi connectivity index (χ1v) is 12.6. The molecule has 0 unspecified atom stereocenters. The van der Waals surface area contributed by atoms with Crippen LogP contribution >= 0.6 is 0 Å². The van der Waals surface area contributed by atoms with Gasteiger partial charge in [-0.1, -0.05) is 19.8 Å². The second kappa shape index (κ2) is 7.42. The van der Waals surface area contributed by atoms with Crippen LogP contribution in [0.2, 0.25) is 0 Å². The van der Waals surface area contributed by atoms with Crippen LogP contribution in [0, 0.1) is 5.82 Å². The van der Waals surface area contributed by atoms with Gasteiger partial charge < -0.3 is 20.1 Å². The molecule has 6 rings (SSSR count). The Morgan fingerprint density at radius 1 is 1.23 bits per heavy atom. The number of benzene rings is 1. The van der Waals surface area contributed by atoms with Gasteiger partial charge in [-0.25, -0.2) is 9.18 Å². The zero-order valence-electron chi connectivity index (χ0n) is 20.0. The van der Waals surface area contributed by atoms with Crippen LogP contribution in [0.15, 0.2) is 34.9 Å². The number of carbonyl (C=O) groups excluding carboxylic acids is 3. The van der Waals surface area contributed by atoms with Crippen LogP contribution in [0.3, 0.4) is 0 Å². The molecule has 1 aromatic rings. The monoisotopic (exact) mass is 480 g/mol. The summed E-state index contributed by atoms with van der Waals surface area (Å²) >= 11 is 0. The van der Waals surface area contributed by atoms with Crippen LogP contribution in [0.1, 0.15) is 82.3 Å². The fraction of sp³-hybridized carbons (Fsp3) is 0.519. The van der Waals surface area contributed by atoms with Crippen LogP contribution in [0.4, 0.5) is 10.1 Å². The second-order valence-electron chi connectivity index (χ2n) is 10.5. The minimum absolute atomic E-state index is 0.0134. The summed E-state index contributed by atoms with van der Waals surface area (Å²) in [6.45, 7) is 3.75. The number of nitrogens with zero attached hydrogens (tertiary/aromatic N) is 1. The van der Waals surface area contributed by atoms with Crippen molar-refractivity contribution < 1.29 is 28.2 Å². The van der Waals surface area contributed by atoms with Gasteiger partial charge in [-0.05, 0) is 56.2 Å². The van der Waals surface area contributed by atoms with Crippen molar-refractivity contribution in [3.8, 4) is 0 Å². The lowest BCUT2D eigenvalue weighted by molar-refractivity contribution is -0.141. The highest BCUT2D eigenvalue weighted by Crippen LogP contribution is 2.63. The number of rotatable bonds is 2. The largest absolute Gasteiger partial charge is 0.462 e. The first-order valence-electron chi connectivity index (χ1n) is 12.6. The van der Waals surface area contributed by atoms with Crippen molar-refractivity contribution in [2.45, 2.75) is 82.1 Å². The van der Waals surface area contributed by atoms with Crippen LogP contribution in [-0.2, 0) is 29.3 Å². The van der Waals surface area contributed by atoms with E-state index in [1.54, 1.807) is 11.8 Å². The van der Waals surface area contributed by atoms with Crippen molar-refractivity contribution in [2.75, 3.05) is 11.5 Å². The zero-order chi connectivity index (χ0) is 24.7. The third kappa shape index (κ3) is 2.68. The Bertz CT molecular complexity index is 1260. The fourth-order valence-electron chi connectivity index (χ4n) is 7.37. The number of ether oxygens (including phenoxy) is 2. The summed E-state index contributed by atoms with van der Waals surface area (Å²) in [4.78, 5) is 43.6. The number of carbonyl (C=O) groups is 3. The van der Waals surface area contributed by atoms with Crippen molar-refractivity contribution in [2.24, 2.45) is 5.73 Å². The number of Topliss-reactive ketones (excluding diaryl/α,β-unsaturated/α-hetero) is 1. The molecule has 0 saturated heterocycles. The van der Waals surface area contributed by atoms with Crippen molar-refractivity contribution in [3.63, 3.8) is 0 Å². The predicted octanol–water partition coefficient (Wildman–Crippen LogP) is 4.00. The molecule has 1 saturated carbocycles. The van der Waals surface area contributed by atoms with Crippen molar-refractivity contribution in [1.82, 2.24) is 0 Å². The van der Waals surface area contributed by atoms with Gasteiger partial charge in [0.05, 0.1) is 17.9 Å². The van der Waals surface area contributed by atoms with Gasteiger partial charge in [0.25, 0.3) is 0 Å². The molecule has 3 aliphatic heterocycles. The molecule has 5 aliphatic rings. The maximum absolute atomic E-state index is 15.2. The first-order chi connectivity index (χ1) is 16.8. The van der Waals surface area contributed by atoms with E-state index in [4.69, 9.17) is 15.2 Å². The van der Waals surface area contributed by atoms with Crippen LogP contribution < -0.4 is 10.6 Å². The Morgan fingerprint density at radius 3 is 2.69 bits per heavy atom. The Kier molecular flexibility index (Phi) is 4.73. The molecule has 35 heavy (non-hydrogen) atoms. The molecule has 1 aromatic carbocycles. The van der Waals surface area contributed by atoms with Gasteiger partial charge in [-0.3, -0.25) is 9.59 Å². The summed E-state index contributed by atoms with van der Waals surface area (Å²) in [6, 6.07) is 2.79. The predicted molar refractivity (Wildman–Crippen MR) is 125 cm³/mol. The molecule has 2 atom stereocenters. The number of anilines is 1. The minimum atomic E-state index is -1.87. The van der Waals surface area contributed by atoms with E-state index in [2.05, 4.69) is 6.92 Å². The van der Waals surface area contributed by atoms with Crippen molar-refractivity contribution in [1.29, 1.82) is 0 Å². The molecule has 8 heteroatoms. The van der Waals surface area contributed by atoms with E-state index in [0.717, 1.165) is 31.2 Å². The van der Waals surface area contributed by atoms with Crippen LogP contribution in [0.25, 0.3) is 0 Å². The van der Waals surface area contributed by atoms with Gasteiger partial charge in [0.2, 0.25) is 11.8 Å². The Morgan fingerprint density at radius 2 is 1.97 bits per heavy atom. The number of amides is 1. The highest BCUT2D eigenvalue weighted by Gasteiger charge is 2.68. The highest BCUT2D eigenvalue weighted by molar-refractivity contribution is 6.24. The molecule has 3 heterocycles. The molecule has 2 aliphatic carbocycles. The number of fused-ring (bicyclic) bond motifs is 3. The van der Waals surface area contributed by atoms with E-state index in [-0.39, 0.29) is 41.8 Å². The highest BCUT2D eigenvalue weighted by atomic mass is 19.1. The summed E-state index contributed by atoms with van der Waals surface area (Å²) < 4.78 is 26.4. The molecular formula is C27H29FN2O5. The number of halogens is 1. The van der Waals surface area contributed by atoms with Crippen molar-refractivity contribution in [3.05, 3.63) is 51.9 Å². The molecule has 2 spiro atoms. The maximum atomic E-state index is 15.2. The molecule has 0 aromatic heterocycles. The van der Waals surface area contributed by atoms with E-state index in [9.17, 15) is 14.4 Å². The van der Waals surface area contributed by atoms with E-state index in [1.807, 2.05) is 0 Å². The molecule has 2 N–H and O–H groups in total. The summed E-state index contributed by atoms with van der Waals surface area (Å²) in [5.74, 6) is -1.97. The Labute approximate surface area is 203 Å². The molecule has 0 bridgehead atoms. The van der Waals surface area contributed by atoms with Crippen molar-refractivity contribution >= 4 is 23.3 Å². The number of hydrogen-bond acceptors (Lipinski definition) is 6. The maximum Gasteiger partial charge on any atom is 0.341 e. The van der Waals surface area contributed by atoms with Gasteiger partial charge in [-0.15, -0.1) is 0 Å². The number of esters is 1. The Hall–Kier alpha value is -3.16. The van der Waals surface area contributed by atoms with Gasteiger partial charge >= 0.3 is 5.97 Å². The molecule has 184 valence electrons. The number of ketones is 1. The third-order valence-electron chi connectivity index (χ3n) is 8.56. The van der Waals surface area contributed by atoms with E-state index < -0.39 is 28.6 Å². The quantitative estimate of drug-likeness (QED) is 0.643. The standard InChI is InChI=1S/C27H29FN2O5/c1-3-34-24(32)21-23(29)35-19-8-6-7-18(31)20(19)27(21)17-12-15(28)11-16-14(2)13-26(9-4-5-10-26)30(22(16)17)25(27)33/h11-12,14H,3-10,13,29H2,1-2H3/t14-,27+/m0/s1. The van der Waals surface area contributed by atoms with Gasteiger partial charge in [-0.2, -0.15) is 0 Å². The topological polar surface area (TPSA) is 98.9 Å². The smallest absolute Gasteiger partial charge is 0.341 e. The number of allylic oxidation sites excluding steroid dienone is 1. The van der Waals surface area contributed by atoms with Crippen LogP contribution in [0.5, 0.6) is 0 Å². The van der Waals surface area contributed by atoms with Gasteiger partial charge in [0, 0.05) is 23.9 Å². The fourth-order valence-corrected chi connectivity index (χ4v) is 7.37. The lowest BCUT2D eigenvalue weighted by Gasteiger charge is -2.47. The molecule has 1 fully saturated rings. The summed E-state index contributed by atoms with van der Waals surface area (Å²) in [5, 5.41) is 0. The molecular weight excluding hydrogens is 451 g/mol. The third-order valence-corrected chi connectivity index (χ3v) is 8.56. The normalized spacial score (nSPS) is 28.5. The Balaban J connectivity index is 1.74. The molecule has 0 radical (unpaired) electrons. The molecule has 7 nitrogen and oxygen atoms in total. The van der Waals surface area contributed by atoms with E-state index in [1.165, 1.54) is 12.1 Å².